The highest BCUT2D eigenvalue weighted by Crippen LogP contribution is 2.36. The molecule has 0 bridgehead atoms. The van der Waals surface area contributed by atoms with E-state index in [0.29, 0.717) is 29.7 Å². The molecule has 36 heavy (non-hydrogen) atoms. The van der Waals surface area contributed by atoms with E-state index in [9.17, 15) is 14.4 Å². The third-order valence-corrected chi connectivity index (χ3v) is 6.36. The quantitative estimate of drug-likeness (QED) is 0.301. The molecule has 1 aliphatic rings. The molecule has 0 saturated carbocycles. The summed E-state index contributed by atoms with van der Waals surface area (Å²) in [5.74, 6) is -0.620. The Labute approximate surface area is 217 Å². The number of esters is 1. The van der Waals surface area contributed by atoms with E-state index >= 15 is 0 Å². The normalized spacial score (nSPS) is 19.1. The number of ether oxygens (including phenoxy) is 4. The molecule has 1 aliphatic heterocycles. The number of aryl methyl sites for hydroxylation is 1. The summed E-state index contributed by atoms with van der Waals surface area (Å²) < 4.78 is 28.2. The number of rotatable bonds is 12. The molecular formula is C25H30BrNO9. The van der Waals surface area contributed by atoms with Gasteiger partial charge in [-0.15, -0.1) is 0 Å². The first kappa shape index (κ1) is 27.9. The van der Waals surface area contributed by atoms with Crippen LogP contribution in [0.15, 0.2) is 45.3 Å². The van der Waals surface area contributed by atoms with Crippen LogP contribution in [0, 0.1) is 0 Å². The van der Waals surface area contributed by atoms with Gasteiger partial charge in [-0.1, -0.05) is 30.3 Å². The fourth-order valence-corrected chi connectivity index (χ4v) is 4.53. The van der Waals surface area contributed by atoms with Gasteiger partial charge in [0.25, 0.3) is 5.91 Å². The number of methoxy groups -OCH3 is 1. The number of carbonyl (C=O) groups is 3. The van der Waals surface area contributed by atoms with Gasteiger partial charge in [0, 0.05) is 27.1 Å². The summed E-state index contributed by atoms with van der Waals surface area (Å²) in [7, 11) is 1.29. The highest BCUT2D eigenvalue weighted by Gasteiger charge is 2.48. The van der Waals surface area contributed by atoms with Crippen LogP contribution in [0.1, 0.15) is 49.6 Å². The molecule has 1 fully saturated rings. The van der Waals surface area contributed by atoms with Gasteiger partial charge in [-0.25, -0.2) is 9.69 Å². The van der Waals surface area contributed by atoms with E-state index < -0.39 is 42.3 Å². The zero-order valence-electron chi connectivity index (χ0n) is 20.3. The van der Waals surface area contributed by atoms with Gasteiger partial charge < -0.3 is 28.5 Å². The molecule has 2 heterocycles. The average Bonchev–Trinajstić information content (AvgIpc) is 3.37. The fourth-order valence-electron chi connectivity index (χ4n) is 4.02. The molecular weight excluding hydrogens is 538 g/mol. The molecule has 1 saturated heterocycles. The molecule has 4 atom stereocenters. The number of aliphatic hydroxyl groups excluding tert-OH is 1. The van der Waals surface area contributed by atoms with Gasteiger partial charge in [0.05, 0.1) is 23.7 Å². The molecule has 3 rings (SSSR count). The number of hydrogen-bond donors (Lipinski definition) is 1. The molecule has 0 aliphatic carbocycles. The summed E-state index contributed by atoms with van der Waals surface area (Å²) in [5.41, 5.74) is 0.752. The van der Waals surface area contributed by atoms with Gasteiger partial charge in [0.2, 0.25) is 0 Å². The van der Waals surface area contributed by atoms with Crippen LogP contribution < -0.4 is 0 Å². The van der Waals surface area contributed by atoms with Gasteiger partial charge in [0.1, 0.15) is 17.6 Å². The maximum Gasteiger partial charge on any atom is 0.417 e. The number of nitrogens with zero attached hydrogens (tertiary/aromatic N) is 1. The van der Waals surface area contributed by atoms with Crippen molar-refractivity contribution < 1.29 is 42.9 Å². The zero-order chi connectivity index (χ0) is 26.2. The Morgan fingerprint density at radius 3 is 2.58 bits per heavy atom. The monoisotopic (exact) mass is 567 g/mol. The number of aliphatic hydroxyl groups is 1. The first-order valence-corrected chi connectivity index (χ1v) is 12.3. The minimum atomic E-state index is -1.36. The minimum absolute atomic E-state index is 0.0552. The molecule has 11 heteroatoms. The number of amides is 2. The van der Waals surface area contributed by atoms with E-state index in [1.165, 1.54) is 14.0 Å². The second-order valence-electron chi connectivity index (χ2n) is 8.21. The van der Waals surface area contributed by atoms with E-state index in [-0.39, 0.29) is 19.0 Å². The largest absolute Gasteiger partial charge is 0.461 e. The lowest BCUT2D eigenvalue weighted by Gasteiger charge is -2.27. The molecule has 0 spiro atoms. The minimum Gasteiger partial charge on any atom is -0.461 e. The van der Waals surface area contributed by atoms with E-state index in [4.69, 9.17) is 28.5 Å². The maximum atomic E-state index is 13.6. The van der Waals surface area contributed by atoms with E-state index in [0.717, 1.165) is 10.5 Å². The first-order valence-electron chi connectivity index (χ1n) is 11.5. The van der Waals surface area contributed by atoms with Gasteiger partial charge >= 0.3 is 12.1 Å². The van der Waals surface area contributed by atoms with E-state index in [1.54, 1.807) is 13.0 Å². The van der Waals surface area contributed by atoms with Crippen molar-refractivity contribution in [2.24, 2.45) is 0 Å². The number of benzene rings is 1. The topological polar surface area (TPSA) is 125 Å². The summed E-state index contributed by atoms with van der Waals surface area (Å²) in [6, 6.07) is 10.1. The maximum absolute atomic E-state index is 13.6. The van der Waals surface area contributed by atoms with Crippen LogP contribution >= 0.6 is 15.9 Å². The van der Waals surface area contributed by atoms with E-state index in [2.05, 4.69) is 15.9 Å². The predicted molar refractivity (Wildman–Crippen MR) is 130 cm³/mol. The van der Waals surface area contributed by atoms with E-state index in [1.807, 2.05) is 30.3 Å². The highest BCUT2D eigenvalue weighted by atomic mass is 79.9. The SMILES string of the molecule is COC(C(=O)N1C(=O)OC(c2ccccc2)C1C)C(OC(C)=O)c1cc(Br)c(CCCOCCO)o1. The Balaban J connectivity index is 1.82. The van der Waals surface area contributed by atoms with Crippen molar-refractivity contribution >= 4 is 33.9 Å². The molecule has 2 aromatic rings. The third kappa shape index (κ3) is 6.52. The Morgan fingerprint density at radius 2 is 1.94 bits per heavy atom. The first-order chi connectivity index (χ1) is 17.3. The smallest absolute Gasteiger partial charge is 0.417 e. The Morgan fingerprint density at radius 1 is 1.22 bits per heavy atom. The van der Waals surface area contributed by atoms with Crippen molar-refractivity contribution in [3.8, 4) is 0 Å². The number of carbonyl (C=O) groups excluding carboxylic acids is 3. The fraction of sp³-hybridized carbons (Fsp3) is 0.480. The van der Waals surface area contributed by atoms with Gasteiger partial charge in [-0.3, -0.25) is 9.59 Å². The summed E-state index contributed by atoms with van der Waals surface area (Å²) in [4.78, 5) is 39.2. The highest BCUT2D eigenvalue weighted by molar-refractivity contribution is 9.10. The number of hydrogen-bond acceptors (Lipinski definition) is 9. The molecule has 10 nitrogen and oxygen atoms in total. The van der Waals surface area contributed by atoms with Crippen molar-refractivity contribution in [3.63, 3.8) is 0 Å². The molecule has 0 radical (unpaired) electrons. The van der Waals surface area contributed by atoms with Gasteiger partial charge in [-0.2, -0.15) is 0 Å². The summed E-state index contributed by atoms with van der Waals surface area (Å²) in [5, 5.41) is 8.80. The Hall–Kier alpha value is -2.73. The van der Waals surface area contributed by atoms with Gasteiger partial charge in [-0.05, 0) is 40.9 Å². The summed E-state index contributed by atoms with van der Waals surface area (Å²) >= 11 is 3.44. The van der Waals surface area contributed by atoms with Crippen molar-refractivity contribution in [1.29, 1.82) is 0 Å². The number of cyclic esters (lactones) is 1. The second-order valence-corrected chi connectivity index (χ2v) is 9.06. The van der Waals surface area contributed by atoms with Crippen molar-refractivity contribution in [2.75, 3.05) is 26.9 Å². The van der Waals surface area contributed by atoms with Crippen LogP contribution in [-0.2, 0) is 35.0 Å². The molecule has 1 aromatic heterocycles. The predicted octanol–water partition coefficient (Wildman–Crippen LogP) is 3.71. The van der Waals surface area contributed by atoms with Gasteiger partial charge in [0.15, 0.2) is 12.2 Å². The number of furan rings is 1. The van der Waals surface area contributed by atoms with Crippen LogP contribution in [-0.4, -0.2) is 67.1 Å². The van der Waals surface area contributed by atoms with Crippen molar-refractivity contribution in [2.45, 2.75) is 51.0 Å². The lowest BCUT2D eigenvalue weighted by molar-refractivity contribution is -0.164. The Kier molecular flexibility index (Phi) is 10.1. The van der Waals surface area contributed by atoms with Crippen molar-refractivity contribution in [1.82, 2.24) is 4.90 Å². The van der Waals surface area contributed by atoms with Crippen LogP contribution in [0.4, 0.5) is 4.79 Å². The Bertz CT molecular complexity index is 1040. The molecule has 2 amide bonds. The average molecular weight is 568 g/mol. The molecule has 1 N–H and O–H groups in total. The third-order valence-electron chi connectivity index (χ3n) is 5.69. The summed E-state index contributed by atoms with van der Waals surface area (Å²) in [6.45, 7) is 3.53. The number of halogens is 1. The molecule has 1 aromatic carbocycles. The van der Waals surface area contributed by atoms with Crippen LogP contribution in [0.25, 0.3) is 0 Å². The van der Waals surface area contributed by atoms with Crippen LogP contribution in [0.3, 0.4) is 0 Å². The van der Waals surface area contributed by atoms with Crippen molar-refractivity contribution in [3.05, 3.63) is 58.0 Å². The zero-order valence-corrected chi connectivity index (χ0v) is 21.9. The molecule has 4 unspecified atom stereocenters. The lowest BCUT2D eigenvalue weighted by Crippen LogP contribution is -2.47. The van der Waals surface area contributed by atoms with Crippen LogP contribution in [0.5, 0.6) is 0 Å². The standard InChI is InChI=1S/C25H30BrNO9/c1-15-21(17-8-5-4-6-9-17)36-25(31)27(15)24(30)23(32-3)22(34-16(2)29)20-14-18(26)19(35-20)10-7-12-33-13-11-28/h4-6,8-9,14-15,21-23,28H,7,10-13H2,1-3H3. The molecule has 196 valence electrons. The van der Waals surface area contributed by atoms with Crippen LogP contribution in [0.2, 0.25) is 0 Å². The second kappa shape index (κ2) is 13.0. The summed E-state index contributed by atoms with van der Waals surface area (Å²) in [6.07, 6.45) is -2.95. The lowest BCUT2D eigenvalue weighted by atomic mass is 10.0. The number of imide groups is 1.